The molecule has 0 spiro atoms. The van der Waals surface area contributed by atoms with Crippen LogP contribution in [0.5, 0.6) is 5.75 Å². The highest BCUT2D eigenvalue weighted by molar-refractivity contribution is 6.07. The molecule has 0 aliphatic rings. The van der Waals surface area contributed by atoms with Gasteiger partial charge < -0.3 is 15.4 Å². The Morgan fingerprint density at radius 3 is 2.50 bits per heavy atom. The van der Waals surface area contributed by atoms with Gasteiger partial charge in [-0.05, 0) is 49.6 Å². The summed E-state index contributed by atoms with van der Waals surface area (Å²) in [5, 5.41) is 7.27. The molecule has 1 heterocycles. The quantitative estimate of drug-likeness (QED) is 0.378. The minimum absolute atomic E-state index is 0.0419. The molecule has 0 saturated carbocycles. The Kier molecular flexibility index (Phi) is 6.66. The summed E-state index contributed by atoms with van der Waals surface area (Å²) in [5.41, 5.74) is 3.42. The number of carbonyl (C=O) groups is 1. The summed E-state index contributed by atoms with van der Waals surface area (Å²) in [6.07, 6.45) is 1.78. The van der Waals surface area contributed by atoms with Gasteiger partial charge in [-0.2, -0.15) is 0 Å². The molecule has 3 aromatic carbocycles. The van der Waals surface area contributed by atoms with E-state index in [-0.39, 0.29) is 11.9 Å². The molecule has 162 valence electrons. The van der Waals surface area contributed by atoms with Crippen molar-refractivity contribution in [1.29, 1.82) is 0 Å². The fourth-order valence-corrected chi connectivity index (χ4v) is 3.71. The Morgan fingerprint density at radius 2 is 1.69 bits per heavy atom. The van der Waals surface area contributed by atoms with Gasteiger partial charge >= 0.3 is 0 Å². The van der Waals surface area contributed by atoms with Gasteiger partial charge in [0, 0.05) is 11.4 Å². The number of rotatable bonds is 8. The zero-order valence-corrected chi connectivity index (χ0v) is 18.3. The van der Waals surface area contributed by atoms with Crippen LogP contribution in [0.25, 0.3) is 10.9 Å². The molecule has 1 unspecified atom stereocenters. The number of ether oxygens (including phenoxy) is 1. The number of methoxy groups -OCH3 is 1. The molecule has 0 fully saturated rings. The smallest absolute Gasteiger partial charge is 0.252 e. The van der Waals surface area contributed by atoms with E-state index in [9.17, 15) is 4.79 Å². The minimum Gasteiger partial charge on any atom is -0.495 e. The number of amides is 1. The van der Waals surface area contributed by atoms with Crippen molar-refractivity contribution in [2.75, 3.05) is 12.4 Å². The van der Waals surface area contributed by atoms with Crippen molar-refractivity contribution in [3.63, 3.8) is 0 Å². The third-order valence-corrected chi connectivity index (χ3v) is 5.42. The number of fused-ring (bicyclic) bond motifs is 1. The number of hydrogen-bond donors (Lipinski definition) is 2. The van der Waals surface area contributed by atoms with Crippen LogP contribution in [0.3, 0.4) is 0 Å². The number of carbonyl (C=O) groups excluding carboxylic acids is 1. The monoisotopic (exact) mass is 425 g/mol. The number of hydrogen-bond acceptors (Lipinski definition) is 4. The van der Waals surface area contributed by atoms with E-state index in [2.05, 4.69) is 22.8 Å². The normalized spacial score (nSPS) is 11.7. The number of pyridine rings is 1. The summed E-state index contributed by atoms with van der Waals surface area (Å²) >= 11 is 0. The van der Waals surface area contributed by atoms with Crippen molar-refractivity contribution >= 4 is 28.3 Å². The Hall–Kier alpha value is -3.86. The molecule has 32 heavy (non-hydrogen) atoms. The van der Waals surface area contributed by atoms with Crippen molar-refractivity contribution in [1.82, 2.24) is 10.3 Å². The first kappa shape index (κ1) is 21.4. The van der Waals surface area contributed by atoms with Crippen LogP contribution < -0.4 is 15.4 Å². The van der Waals surface area contributed by atoms with E-state index in [1.54, 1.807) is 13.2 Å². The van der Waals surface area contributed by atoms with Gasteiger partial charge in [-0.1, -0.05) is 60.7 Å². The van der Waals surface area contributed by atoms with E-state index in [0.717, 1.165) is 29.4 Å². The van der Waals surface area contributed by atoms with Gasteiger partial charge in [0.1, 0.15) is 11.6 Å². The molecule has 2 N–H and O–H groups in total. The van der Waals surface area contributed by atoms with E-state index in [1.807, 2.05) is 73.7 Å². The molecule has 1 atom stereocenters. The average Bonchev–Trinajstić information content (AvgIpc) is 2.83. The lowest BCUT2D eigenvalue weighted by Crippen LogP contribution is -2.33. The minimum atomic E-state index is -0.104. The van der Waals surface area contributed by atoms with Crippen LogP contribution in [0.1, 0.15) is 29.3 Å². The maximum Gasteiger partial charge on any atom is 0.252 e. The number of nitrogens with zero attached hydrogens (tertiary/aromatic N) is 1. The highest BCUT2D eigenvalue weighted by Crippen LogP contribution is 2.28. The topological polar surface area (TPSA) is 63.2 Å². The van der Waals surface area contributed by atoms with Gasteiger partial charge in [0.2, 0.25) is 0 Å². The van der Waals surface area contributed by atoms with Crippen molar-refractivity contribution in [3.05, 3.63) is 96.1 Å². The number of anilines is 2. The number of aryl methyl sites for hydroxylation is 1. The molecule has 5 nitrogen and oxygen atoms in total. The first-order valence-corrected chi connectivity index (χ1v) is 10.8. The van der Waals surface area contributed by atoms with Crippen LogP contribution in [-0.2, 0) is 6.42 Å². The van der Waals surface area contributed by atoms with Crippen LogP contribution in [-0.4, -0.2) is 24.0 Å². The lowest BCUT2D eigenvalue weighted by Gasteiger charge is -2.16. The summed E-state index contributed by atoms with van der Waals surface area (Å²) in [6.45, 7) is 2.04. The Bertz CT molecular complexity index is 1210. The van der Waals surface area contributed by atoms with Crippen molar-refractivity contribution in [2.24, 2.45) is 0 Å². The van der Waals surface area contributed by atoms with Gasteiger partial charge in [0.25, 0.3) is 5.91 Å². The van der Waals surface area contributed by atoms with Gasteiger partial charge in [0.15, 0.2) is 0 Å². The summed E-state index contributed by atoms with van der Waals surface area (Å²) in [5.74, 6) is 1.20. The van der Waals surface area contributed by atoms with Gasteiger partial charge in [0.05, 0.1) is 23.9 Å². The zero-order valence-electron chi connectivity index (χ0n) is 18.3. The molecule has 0 radical (unpaired) electrons. The van der Waals surface area contributed by atoms with Crippen LogP contribution in [0.15, 0.2) is 84.9 Å². The predicted octanol–water partition coefficient (Wildman–Crippen LogP) is 5.74. The van der Waals surface area contributed by atoms with Crippen LogP contribution in [0, 0.1) is 0 Å². The standard InChI is InChI=1S/C27H27N3O2/c1-19(16-17-20-10-4-3-5-11-20)28-27(31)22-18-26(29-23-13-7-6-12-21(22)23)30-24-14-8-9-15-25(24)32-2/h3-15,18-19H,16-17H2,1-2H3,(H,28,31)(H,29,30). The van der Waals surface area contributed by atoms with E-state index >= 15 is 0 Å². The molecular formula is C27H27N3O2. The maximum absolute atomic E-state index is 13.2. The molecular weight excluding hydrogens is 398 g/mol. The molecule has 1 amide bonds. The summed E-state index contributed by atoms with van der Waals surface area (Å²) in [4.78, 5) is 17.9. The second-order valence-electron chi connectivity index (χ2n) is 7.80. The van der Waals surface area contributed by atoms with Crippen molar-refractivity contribution in [2.45, 2.75) is 25.8 Å². The molecule has 5 heteroatoms. The first-order chi connectivity index (χ1) is 15.6. The lowest BCUT2D eigenvalue weighted by molar-refractivity contribution is 0.0940. The molecule has 0 saturated heterocycles. The van der Waals surface area contributed by atoms with Crippen LogP contribution >= 0.6 is 0 Å². The van der Waals surface area contributed by atoms with Crippen LogP contribution in [0.2, 0.25) is 0 Å². The Morgan fingerprint density at radius 1 is 0.969 bits per heavy atom. The van der Waals surface area contributed by atoms with Crippen molar-refractivity contribution in [3.8, 4) is 5.75 Å². The highest BCUT2D eigenvalue weighted by Gasteiger charge is 2.16. The van der Waals surface area contributed by atoms with E-state index < -0.39 is 0 Å². The molecule has 4 rings (SSSR count). The third-order valence-electron chi connectivity index (χ3n) is 5.42. The van der Waals surface area contributed by atoms with Gasteiger partial charge in [-0.25, -0.2) is 4.98 Å². The van der Waals surface area contributed by atoms with Gasteiger partial charge in [-0.3, -0.25) is 4.79 Å². The number of nitrogens with one attached hydrogen (secondary N) is 2. The molecule has 0 aliphatic carbocycles. The van der Waals surface area contributed by atoms with E-state index in [0.29, 0.717) is 17.1 Å². The fraction of sp³-hybridized carbons (Fsp3) is 0.185. The highest BCUT2D eigenvalue weighted by atomic mass is 16.5. The van der Waals surface area contributed by atoms with Crippen molar-refractivity contribution < 1.29 is 9.53 Å². The first-order valence-electron chi connectivity index (χ1n) is 10.8. The average molecular weight is 426 g/mol. The van der Waals surface area contributed by atoms with E-state index in [4.69, 9.17) is 9.72 Å². The Balaban J connectivity index is 1.56. The zero-order chi connectivity index (χ0) is 22.3. The second kappa shape index (κ2) is 9.96. The number of para-hydroxylation sites is 3. The maximum atomic E-state index is 13.2. The molecule has 0 aliphatic heterocycles. The largest absolute Gasteiger partial charge is 0.495 e. The predicted molar refractivity (Wildman–Crippen MR) is 130 cm³/mol. The number of benzene rings is 3. The molecule has 1 aromatic heterocycles. The Labute approximate surface area is 188 Å². The van der Waals surface area contributed by atoms with Crippen LogP contribution in [0.4, 0.5) is 11.5 Å². The number of aromatic nitrogens is 1. The molecule has 0 bridgehead atoms. The second-order valence-corrected chi connectivity index (χ2v) is 7.80. The van der Waals surface area contributed by atoms with Gasteiger partial charge in [-0.15, -0.1) is 0 Å². The fourth-order valence-electron chi connectivity index (χ4n) is 3.71. The SMILES string of the molecule is COc1ccccc1Nc1cc(C(=O)NC(C)CCc2ccccc2)c2ccccc2n1. The lowest BCUT2D eigenvalue weighted by atomic mass is 10.0. The summed E-state index contributed by atoms with van der Waals surface area (Å²) in [7, 11) is 1.63. The summed E-state index contributed by atoms with van der Waals surface area (Å²) in [6, 6.07) is 27.5. The third kappa shape index (κ3) is 5.06. The summed E-state index contributed by atoms with van der Waals surface area (Å²) < 4.78 is 5.43. The van der Waals surface area contributed by atoms with E-state index in [1.165, 1.54) is 5.56 Å². The molecule has 4 aromatic rings.